The molecule has 1 saturated carbocycles. The number of aryl methyl sites for hydroxylation is 1. The Labute approximate surface area is 203 Å². The van der Waals surface area contributed by atoms with Crippen LogP contribution in [0.25, 0.3) is 0 Å². The van der Waals surface area contributed by atoms with Crippen LogP contribution < -0.4 is 10.6 Å². The summed E-state index contributed by atoms with van der Waals surface area (Å²) in [5.41, 5.74) is 3.47. The van der Waals surface area contributed by atoms with Gasteiger partial charge in [-0.25, -0.2) is 14.0 Å². The van der Waals surface area contributed by atoms with Crippen LogP contribution in [0.15, 0.2) is 36.4 Å². The second kappa shape index (κ2) is 10.8. The number of carboxylic acids is 1. The number of halogens is 1. The molecule has 3 amide bonds. The highest BCUT2D eigenvalue weighted by atomic mass is 19.1. The van der Waals surface area contributed by atoms with E-state index in [0.29, 0.717) is 38.0 Å². The van der Waals surface area contributed by atoms with E-state index >= 15 is 0 Å². The second-order valence-electron chi connectivity index (χ2n) is 9.34. The predicted molar refractivity (Wildman–Crippen MR) is 129 cm³/mol. The van der Waals surface area contributed by atoms with E-state index in [0.717, 1.165) is 29.5 Å². The van der Waals surface area contributed by atoms with Gasteiger partial charge in [-0.15, -0.1) is 0 Å². The summed E-state index contributed by atoms with van der Waals surface area (Å²) < 4.78 is 19.7. The van der Waals surface area contributed by atoms with Crippen LogP contribution in [0.3, 0.4) is 0 Å². The zero-order valence-corrected chi connectivity index (χ0v) is 19.7. The van der Waals surface area contributed by atoms with Crippen LogP contribution in [0.1, 0.15) is 48.8 Å². The molecule has 1 aliphatic heterocycles. The van der Waals surface area contributed by atoms with E-state index < -0.39 is 17.8 Å². The number of carboxylic acid groups (broad SMARTS) is 1. The van der Waals surface area contributed by atoms with Gasteiger partial charge < -0.3 is 25.4 Å². The maximum atomic E-state index is 14.0. The van der Waals surface area contributed by atoms with E-state index in [2.05, 4.69) is 10.6 Å². The number of hydrogen-bond acceptors (Lipinski definition) is 4. The molecule has 0 radical (unpaired) electrons. The lowest BCUT2D eigenvalue weighted by atomic mass is 9.85. The molecular formula is C26H30FN3O5. The number of anilines is 2. The van der Waals surface area contributed by atoms with Crippen LogP contribution in [-0.4, -0.2) is 40.7 Å². The van der Waals surface area contributed by atoms with E-state index in [1.54, 1.807) is 24.0 Å². The number of hydrogen-bond donors (Lipinski definition) is 3. The molecule has 0 atom stereocenters. The van der Waals surface area contributed by atoms with E-state index in [-0.39, 0.29) is 30.2 Å². The number of nitrogens with zero attached hydrogens (tertiary/aromatic N) is 1. The lowest BCUT2D eigenvalue weighted by molar-refractivity contribution is -0.138. The Kier molecular flexibility index (Phi) is 7.53. The third kappa shape index (κ3) is 6.49. The minimum Gasteiger partial charge on any atom is -0.481 e. The topological polar surface area (TPSA) is 108 Å². The fraction of sp³-hybridized carbons (Fsp3) is 0.423. The first-order valence-electron chi connectivity index (χ1n) is 11.9. The molecule has 2 aromatic rings. The Balaban J connectivity index is 1.28. The molecule has 4 rings (SSSR count). The third-order valence-corrected chi connectivity index (χ3v) is 6.63. The van der Waals surface area contributed by atoms with Crippen molar-refractivity contribution in [2.45, 2.75) is 58.1 Å². The average Bonchev–Trinajstić information content (AvgIpc) is 2.81. The van der Waals surface area contributed by atoms with Crippen molar-refractivity contribution in [3.63, 3.8) is 0 Å². The summed E-state index contributed by atoms with van der Waals surface area (Å²) in [6.45, 7) is 2.70. The third-order valence-electron chi connectivity index (χ3n) is 6.63. The molecule has 8 nitrogen and oxygen atoms in total. The minimum atomic E-state index is -0.781. The maximum absolute atomic E-state index is 14.0. The van der Waals surface area contributed by atoms with Crippen molar-refractivity contribution in [3.05, 3.63) is 58.9 Å². The molecule has 35 heavy (non-hydrogen) atoms. The van der Waals surface area contributed by atoms with Crippen molar-refractivity contribution in [1.29, 1.82) is 0 Å². The second-order valence-corrected chi connectivity index (χ2v) is 9.34. The van der Waals surface area contributed by atoms with Crippen LogP contribution in [-0.2, 0) is 22.5 Å². The Morgan fingerprint density at radius 3 is 2.54 bits per heavy atom. The number of amides is 3. The Morgan fingerprint density at radius 2 is 1.83 bits per heavy atom. The molecule has 0 aromatic heterocycles. The van der Waals surface area contributed by atoms with Crippen LogP contribution >= 0.6 is 0 Å². The van der Waals surface area contributed by atoms with Gasteiger partial charge >= 0.3 is 18.1 Å². The normalized spacial score (nSPS) is 19.4. The number of fused-ring (bicyclic) bond motifs is 1. The molecule has 0 unspecified atom stereocenters. The zero-order chi connectivity index (χ0) is 24.9. The number of aliphatic carboxylic acids is 1. The first-order chi connectivity index (χ1) is 16.8. The van der Waals surface area contributed by atoms with Crippen molar-refractivity contribution in [1.82, 2.24) is 4.90 Å². The number of ether oxygens (including phenoxy) is 1. The molecule has 2 aromatic carbocycles. The smallest absolute Gasteiger partial charge is 0.410 e. The average molecular weight is 484 g/mol. The lowest BCUT2D eigenvalue weighted by Crippen LogP contribution is -2.39. The molecule has 9 heteroatoms. The highest BCUT2D eigenvalue weighted by molar-refractivity contribution is 5.99. The number of rotatable bonds is 5. The molecule has 186 valence electrons. The summed E-state index contributed by atoms with van der Waals surface area (Å²) in [5, 5.41) is 14.2. The fourth-order valence-corrected chi connectivity index (χ4v) is 4.71. The maximum Gasteiger partial charge on any atom is 0.410 e. The van der Waals surface area contributed by atoms with Gasteiger partial charge in [-0.2, -0.15) is 0 Å². The van der Waals surface area contributed by atoms with Gasteiger partial charge in [0.1, 0.15) is 11.9 Å². The van der Waals surface area contributed by atoms with Gasteiger partial charge in [-0.1, -0.05) is 12.1 Å². The van der Waals surface area contributed by atoms with E-state index in [4.69, 9.17) is 9.84 Å². The van der Waals surface area contributed by atoms with E-state index in [9.17, 15) is 18.8 Å². The largest absolute Gasteiger partial charge is 0.481 e. The van der Waals surface area contributed by atoms with Gasteiger partial charge in [0.05, 0.1) is 5.69 Å². The molecular weight excluding hydrogens is 453 g/mol. The van der Waals surface area contributed by atoms with Crippen LogP contribution in [0.4, 0.5) is 25.4 Å². The molecule has 1 heterocycles. The molecule has 3 N–H and O–H groups in total. The van der Waals surface area contributed by atoms with Crippen molar-refractivity contribution in [3.8, 4) is 0 Å². The molecule has 0 spiro atoms. The zero-order valence-electron chi connectivity index (χ0n) is 19.7. The van der Waals surface area contributed by atoms with Gasteiger partial charge in [-0.05, 0) is 85.9 Å². The summed E-state index contributed by atoms with van der Waals surface area (Å²) >= 11 is 0. The highest BCUT2D eigenvalue weighted by Crippen LogP contribution is 2.30. The van der Waals surface area contributed by atoms with Gasteiger partial charge in [0.2, 0.25) is 0 Å². The van der Waals surface area contributed by atoms with Crippen LogP contribution in [0, 0.1) is 18.7 Å². The molecule has 0 saturated heterocycles. The fourth-order valence-electron chi connectivity index (χ4n) is 4.71. The minimum absolute atomic E-state index is 0.107. The van der Waals surface area contributed by atoms with Crippen LogP contribution in [0.5, 0.6) is 0 Å². The Hall–Kier alpha value is -3.62. The number of urea groups is 1. The molecule has 1 aliphatic carbocycles. The van der Waals surface area contributed by atoms with E-state index in [1.165, 1.54) is 12.1 Å². The first kappa shape index (κ1) is 24.5. The van der Waals surface area contributed by atoms with Crippen molar-refractivity contribution < 1.29 is 28.6 Å². The summed E-state index contributed by atoms with van der Waals surface area (Å²) in [5.74, 6) is -1.12. The number of benzene rings is 2. The number of carbonyl (C=O) groups excluding carboxylic acids is 2. The lowest BCUT2D eigenvalue weighted by Gasteiger charge is -2.32. The van der Waals surface area contributed by atoms with Gasteiger partial charge in [0.15, 0.2) is 0 Å². The quantitative estimate of drug-likeness (QED) is 0.534. The van der Waals surface area contributed by atoms with Crippen LogP contribution in [0.2, 0.25) is 0 Å². The standard InChI is InChI=1S/C26H30FN3O5/c1-16-2-9-23(22(27)12-16)29-25(33)28-20-6-5-19-15-30(11-10-18(19)14-20)26(34)35-21-7-3-17(4-8-21)13-24(31)32/h2,5-6,9,12,14,17,21H,3-4,7-8,10-11,13,15H2,1H3,(H,31,32)(H2,28,29,33)/t17-,21-. The van der Waals surface area contributed by atoms with Crippen molar-refractivity contribution in [2.24, 2.45) is 5.92 Å². The summed E-state index contributed by atoms with van der Waals surface area (Å²) in [4.78, 5) is 37.5. The van der Waals surface area contributed by atoms with Gasteiger partial charge in [0, 0.05) is 25.2 Å². The first-order valence-corrected chi connectivity index (χ1v) is 11.9. The number of carbonyl (C=O) groups is 3. The number of nitrogens with one attached hydrogen (secondary N) is 2. The molecule has 2 aliphatic rings. The van der Waals surface area contributed by atoms with E-state index in [1.807, 2.05) is 12.1 Å². The molecule has 1 fully saturated rings. The van der Waals surface area contributed by atoms with Crippen molar-refractivity contribution in [2.75, 3.05) is 17.2 Å². The summed E-state index contributed by atoms with van der Waals surface area (Å²) in [6, 6.07) is 9.55. The predicted octanol–water partition coefficient (Wildman–Crippen LogP) is 5.31. The SMILES string of the molecule is Cc1ccc(NC(=O)Nc2ccc3c(c2)CCN(C(=O)O[C@H]2CC[C@H](CC(=O)O)CC2)C3)c(F)c1. The highest BCUT2D eigenvalue weighted by Gasteiger charge is 2.28. The summed E-state index contributed by atoms with van der Waals surface area (Å²) in [7, 11) is 0. The monoisotopic (exact) mass is 483 g/mol. The Morgan fingerprint density at radius 1 is 1.06 bits per heavy atom. The Bertz CT molecular complexity index is 1110. The summed E-state index contributed by atoms with van der Waals surface area (Å²) in [6.07, 6.45) is 3.18. The molecule has 0 bridgehead atoms. The van der Waals surface area contributed by atoms with Crippen molar-refractivity contribution >= 4 is 29.5 Å². The van der Waals surface area contributed by atoms with Gasteiger partial charge in [0.25, 0.3) is 0 Å². The van der Waals surface area contributed by atoms with Gasteiger partial charge in [-0.3, -0.25) is 4.79 Å².